The Morgan fingerprint density at radius 2 is 2.14 bits per heavy atom. The van der Waals surface area contributed by atoms with E-state index in [1.54, 1.807) is 11.3 Å². The summed E-state index contributed by atoms with van der Waals surface area (Å²) in [7, 11) is 0. The Labute approximate surface area is 128 Å². The second kappa shape index (κ2) is 5.84. The topological polar surface area (TPSA) is 60.2 Å². The summed E-state index contributed by atoms with van der Waals surface area (Å²) in [5.41, 5.74) is 5.63. The zero-order valence-corrected chi connectivity index (χ0v) is 12.7. The summed E-state index contributed by atoms with van der Waals surface area (Å²) in [6.07, 6.45) is 1.31. The van der Waals surface area contributed by atoms with Crippen LogP contribution in [0.3, 0.4) is 0 Å². The van der Waals surface area contributed by atoms with Gasteiger partial charge in [0, 0.05) is 13.1 Å². The second-order valence-corrected chi connectivity index (χ2v) is 6.18. The van der Waals surface area contributed by atoms with Crippen molar-refractivity contribution < 1.29 is 5.11 Å². The van der Waals surface area contributed by atoms with Crippen molar-refractivity contribution in [2.75, 3.05) is 18.0 Å². The smallest absolute Gasteiger partial charge is 0.101 e. The molecule has 2 aromatic rings. The van der Waals surface area contributed by atoms with Crippen molar-refractivity contribution in [1.82, 2.24) is 4.98 Å². The number of nitriles is 1. The summed E-state index contributed by atoms with van der Waals surface area (Å²) in [6, 6.07) is 8.23. The standard InChI is InChI=1S/C16H17N3OS/c1-11-16(21-10-18-11)12-2-3-13(9-17)15(8-12)19-6-4-14(20)5-7-19/h2-3,8,10,14,20H,4-7H2,1H3. The maximum absolute atomic E-state index is 9.64. The van der Waals surface area contributed by atoms with Gasteiger partial charge in [0.15, 0.2) is 0 Å². The fourth-order valence-corrected chi connectivity index (χ4v) is 3.52. The molecular formula is C16H17N3OS. The molecular weight excluding hydrogens is 282 g/mol. The number of aliphatic hydroxyl groups excluding tert-OH is 1. The molecule has 0 atom stereocenters. The van der Waals surface area contributed by atoms with Gasteiger partial charge in [-0.15, -0.1) is 11.3 Å². The van der Waals surface area contributed by atoms with Crippen molar-refractivity contribution in [3.05, 3.63) is 35.0 Å². The molecule has 0 unspecified atom stereocenters. The first-order chi connectivity index (χ1) is 10.2. The van der Waals surface area contributed by atoms with E-state index in [1.807, 2.05) is 24.6 Å². The molecule has 5 heteroatoms. The zero-order chi connectivity index (χ0) is 14.8. The van der Waals surface area contributed by atoms with Crippen molar-refractivity contribution in [3.8, 4) is 16.5 Å². The summed E-state index contributed by atoms with van der Waals surface area (Å²) in [5.74, 6) is 0. The van der Waals surface area contributed by atoms with Gasteiger partial charge in [-0.05, 0) is 37.5 Å². The molecule has 1 aliphatic heterocycles. The fourth-order valence-electron chi connectivity index (χ4n) is 2.71. The van der Waals surface area contributed by atoms with E-state index in [9.17, 15) is 10.4 Å². The van der Waals surface area contributed by atoms with Gasteiger partial charge in [-0.1, -0.05) is 6.07 Å². The molecule has 0 aliphatic carbocycles. The van der Waals surface area contributed by atoms with Crippen LogP contribution in [0.1, 0.15) is 24.1 Å². The van der Waals surface area contributed by atoms with Gasteiger partial charge < -0.3 is 10.0 Å². The first-order valence-electron chi connectivity index (χ1n) is 7.06. The fraction of sp³-hybridized carbons (Fsp3) is 0.375. The van der Waals surface area contributed by atoms with Crippen molar-refractivity contribution >= 4 is 17.0 Å². The van der Waals surface area contributed by atoms with E-state index >= 15 is 0 Å². The molecule has 0 radical (unpaired) electrons. The van der Waals surface area contributed by atoms with Gasteiger partial charge in [-0.3, -0.25) is 0 Å². The van der Waals surface area contributed by atoms with Gasteiger partial charge in [0.25, 0.3) is 0 Å². The first-order valence-corrected chi connectivity index (χ1v) is 7.94. The van der Waals surface area contributed by atoms with Gasteiger partial charge in [-0.2, -0.15) is 5.26 Å². The van der Waals surface area contributed by atoms with Crippen molar-refractivity contribution in [2.24, 2.45) is 0 Å². The number of aryl methyl sites for hydroxylation is 1. The van der Waals surface area contributed by atoms with Gasteiger partial charge >= 0.3 is 0 Å². The Bertz CT molecular complexity index is 681. The molecule has 1 aromatic carbocycles. The van der Waals surface area contributed by atoms with Gasteiger partial charge in [0.05, 0.1) is 33.4 Å². The number of rotatable bonds is 2. The molecule has 21 heavy (non-hydrogen) atoms. The molecule has 0 amide bonds. The van der Waals surface area contributed by atoms with Gasteiger partial charge in [0.2, 0.25) is 0 Å². The predicted octanol–water partition coefficient (Wildman–Crippen LogP) is 2.95. The summed E-state index contributed by atoms with van der Waals surface area (Å²) in [5, 5.41) is 19.0. The van der Waals surface area contributed by atoms with Crippen LogP contribution in [0, 0.1) is 18.3 Å². The maximum atomic E-state index is 9.64. The van der Waals surface area contributed by atoms with E-state index in [-0.39, 0.29) is 6.10 Å². The Morgan fingerprint density at radius 1 is 1.38 bits per heavy atom. The van der Waals surface area contributed by atoms with E-state index in [4.69, 9.17) is 0 Å². The highest BCUT2D eigenvalue weighted by Gasteiger charge is 2.20. The molecule has 1 saturated heterocycles. The summed E-state index contributed by atoms with van der Waals surface area (Å²) < 4.78 is 0. The number of hydrogen-bond donors (Lipinski definition) is 1. The molecule has 1 aliphatic rings. The normalized spacial score (nSPS) is 16.0. The summed E-state index contributed by atoms with van der Waals surface area (Å²) >= 11 is 1.62. The van der Waals surface area contributed by atoms with Gasteiger partial charge in [0.1, 0.15) is 6.07 Å². The Kier molecular flexibility index (Phi) is 3.91. The third-order valence-electron chi connectivity index (χ3n) is 3.93. The molecule has 108 valence electrons. The molecule has 1 N–H and O–H groups in total. The lowest BCUT2D eigenvalue weighted by atomic mass is 10.0. The van der Waals surface area contributed by atoms with E-state index in [0.717, 1.165) is 47.8 Å². The lowest BCUT2D eigenvalue weighted by molar-refractivity contribution is 0.145. The van der Waals surface area contributed by atoms with Crippen LogP contribution in [0.25, 0.3) is 10.4 Å². The highest BCUT2D eigenvalue weighted by Crippen LogP contribution is 2.33. The lowest BCUT2D eigenvalue weighted by Crippen LogP contribution is -2.36. The maximum Gasteiger partial charge on any atom is 0.101 e. The van der Waals surface area contributed by atoms with Crippen LogP contribution in [-0.4, -0.2) is 29.3 Å². The van der Waals surface area contributed by atoms with Crippen LogP contribution in [-0.2, 0) is 0 Å². The zero-order valence-electron chi connectivity index (χ0n) is 11.9. The molecule has 4 nitrogen and oxygen atoms in total. The number of hydrogen-bond acceptors (Lipinski definition) is 5. The number of anilines is 1. The van der Waals surface area contributed by atoms with Crippen molar-refractivity contribution in [2.45, 2.75) is 25.9 Å². The minimum Gasteiger partial charge on any atom is -0.393 e. The molecule has 3 rings (SSSR count). The highest BCUT2D eigenvalue weighted by atomic mass is 32.1. The first kappa shape index (κ1) is 14.1. The monoisotopic (exact) mass is 299 g/mol. The van der Waals surface area contributed by atoms with Gasteiger partial charge in [-0.25, -0.2) is 4.98 Å². The number of benzene rings is 1. The molecule has 2 heterocycles. The van der Waals surface area contributed by atoms with E-state index in [2.05, 4.69) is 22.0 Å². The molecule has 1 aromatic heterocycles. The summed E-state index contributed by atoms with van der Waals surface area (Å²) in [4.78, 5) is 7.64. The lowest BCUT2D eigenvalue weighted by Gasteiger charge is -2.32. The minimum atomic E-state index is -0.210. The number of thiazole rings is 1. The largest absolute Gasteiger partial charge is 0.393 e. The van der Waals surface area contributed by atoms with Crippen LogP contribution in [0.15, 0.2) is 23.7 Å². The van der Waals surface area contributed by atoms with E-state index in [0.29, 0.717) is 5.56 Å². The van der Waals surface area contributed by atoms with Crippen LogP contribution in [0.2, 0.25) is 0 Å². The molecule has 0 bridgehead atoms. The highest BCUT2D eigenvalue weighted by molar-refractivity contribution is 7.13. The third-order valence-corrected chi connectivity index (χ3v) is 4.91. The van der Waals surface area contributed by atoms with E-state index < -0.39 is 0 Å². The van der Waals surface area contributed by atoms with Crippen LogP contribution >= 0.6 is 11.3 Å². The number of aliphatic hydroxyl groups is 1. The molecule has 1 fully saturated rings. The Morgan fingerprint density at radius 3 is 2.76 bits per heavy atom. The number of aromatic nitrogens is 1. The number of piperidine rings is 1. The van der Waals surface area contributed by atoms with Crippen LogP contribution in [0.5, 0.6) is 0 Å². The average Bonchev–Trinajstić information content (AvgIpc) is 2.93. The Hall–Kier alpha value is -1.90. The SMILES string of the molecule is Cc1ncsc1-c1ccc(C#N)c(N2CCC(O)CC2)c1. The van der Waals surface area contributed by atoms with Crippen molar-refractivity contribution in [3.63, 3.8) is 0 Å². The van der Waals surface area contributed by atoms with Crippen molar-refractivity contribution in [1.29, 1.82) is 5.26 Å². The minimum absolute atomic E-state index is 0.210. The number of nitrogens with zero attached hydrogens (tertiary/aromatic N) is 3. The van der Waals surface area contributed by atoms with Crippen LogP contribution in [0.4, 0.5) is 5.69 Å². The quantitative estimate of drug-likeness (QED) is 0.926. The van der Waals surface area contributed by atoms with Crippen LogP contribution < -0.4 is 4.90 Å². The average molecular weight is 299 g/mol. The second-order valence-electron chi connectivity index (χ2n) is 5.33. The predicted molar refractivity (Wildman–Crippen MR) is 84.5 cm³/mol. The Balaban J connectivity index is 1.98. The van der Waals surface area contributed by atoms with E-state index in [1.165, 1.54) is 0 Å². The molecule has 0 spiro atoms. The third kappa shape index (κ3) is 2.78. The summed E-state index contributed by atoms with van der Waals surface area (Å²) in [6.45, 7) is 3.59. The molecule has 0 saturated carbocycles.